The number of carboxylic acids is 1. The van der Waals surface area contributed by atoms with Crippen LogP contribution in [0.15, 0.2) is 41.8 Å². The maximum Gasteiger partial charge on any atom is 0.326 e. The van der Waals surface area contributed by atoms with Crippen molar-refractivity contribution < 1.29 is 19.5 Å². The summed E-state index contributed by atoms with van der Waals surface area (Å²) in [6.07, 6.45) is 2.49. The number of carboxylic acid groups (broad SMARTS) is 1. The lowest BCUT2D eigenvalue weighted by atomic mass is 10.1. The van der Waals surface area contributed by atoms with Crippen molar-refractivity contribution in [2.24, 2.45) is 5.92 Å². The molecule has 0 radical (unpaired) electrons. The predicted octanol–water partition coefficient (Wildman–Crippen LogP) is 2.98. The summed E-state index contributed by atoms with van der Waals surface area (Å²) >= 11 is 1.33. The third-order valence-corrected chi connectivity index (χ3v) is 4.87. The molecule has 6 nitrogen and oxygen atoms in total. The molecule has 0 saturated heterocycles. The molecule has 1 aromatic carbocycles. The summed E-state index contributed by atoms with van der Waals surface area (Å²) < 4.78 is 0. The zero-order valence-electron chi connectivity index (χ0n) is 13.4. The molecular weight excluding hydrogens is 340 g/mol. The van der Waals surface area contributed by atoms with Crippen LogP contribution in [0.2, 0.25) is 0 Å². The molecular formula is C18H18N2O4S. The quantitative estimate of drug-likeness (QED) is 0.709. The number of carbonyl (C=O) groups excluding carboxylic acids is 2. The van der Waals surface area contributed by atoms with Crippen LogP contribution in [-0.4, -0.2) is 28.9 Å². The monoisotopic (exact) mass is 358 g/mol. The molecule has 1 heterocycles. The molecule has 1 aromatic heterocycles. The van der Waals surface area contributed by atoms with Crippen LogP contribution >= 0.6 is 11.3 Å². The van der Waals surface area contributed by atoms with Crippen LogP contribution in [0.1, 0.15) is 39.3 Å². The molecule has 7 heteroatoms. The van der Waals surface area contributed by atoms with Gasteiger partial charge in [0.05, 0.1) is 4.88 Å². The van der Waals surface area contributed by atoms with Crippen LogP contribution in [0.3, 0.4) is 0 Å². The molecule has 1 unspecified atom stereocenters. The fourth-order valence-electron chi connectivity index (χ4n) is 2.49. The topological polar surface area (TPSA) is 95.5 Å². The second-order valence-corrected chi connectivity index (χ2v) is 7.00. The summed E-state index contributed by atoms with van der Waals surface area (Å²) in [4.78, 5) is 36.3. The van der Waals surface area contributed by atoms with Gasteiger partial charge >= 0.3 is 5.97 Å². The molecule has 1 aliphatic carbocycles. The first-order chi connectivity index (χ1) is 12.0. The van der Waals surface area contributed by atoms with Gasteiger partial charge in [0.15, 0.2) is 0 Å². The minimum Gasteiger partial charge on any atom is -0.480 e. The van der Waals surface area contributed by atoms with Crippen LogP contribution in [0.5, 0.6) is 0 Å². The van der Waals surface area contributed by atoms with Gasteiger partial charge in [-0.25, -0.2) is 4.79 Å². The standard InChI is InChI=1S/C18H18N2O4S/c21-16(20-14(18(23)24)9-11-6-7-11)12-3-1-4-13(10-12)19-17(22)15-5-2-8-25-15/h1-5,8,10-11,14H,6-7,9H2,(H,19,22)(H,20,21)(H,23,24). The summed E-state index contributed by atoms with van der Waals surface area (Å²) in [7, 11) is 0. The van der Waals surface area contributed by atoms with Gasteiger partial charge in [-0.05, 0) is 42.0 Å². The number of rotatable bonds is 7. The Morgan fingerprint density at radius 1 is 1.16 bits per heavy atom. The van der Waals surface area contributed by atoms with E-state index in [9.17, 15) is 19.5 Å². The molecule has 2 aromatic rings. The fraction of sp³-hybridized carbons (Fsp3) is 0.278. The van der Waals surface area contributed by atoms with Crippen LogP contribution < -0.4 is 10.6 Å². The molecule has 2 amide bonds. The summed E-state index contributed by atoms with van der Waals surface area (Å²) in [5, 5.41) is 16.4. The van der Waals surface area contributed by atoms with Gasteiger partial charge < -0.3 is 15.7 Å². The van der Waals surface area contributed by atoms with Gasteiger partial charge in [0.1, 0.15) is 6.04 Å². The maximum atomic E-state index is 12.3. The number of benzene rings is 1. The molecule has 1 fully saturated rings. The van der Waals surface area contributed by atoms with Crippen LogP contribution in [-0.2, 0) is 4.79 Å². The molecule has 3 rings (SSSR count). The molecule has 130 valence electrons. The van der Waals surface area contributed by atoms with E-state index in [2.05, 4.69) is 10.6 Å². The van der Waals surface area contributed by atoms with E-state index in [1.54, 1.807) is 30.3 Å². The summed E-state index contributed by atoms with van der Waals surface area (Å²) in [6, 6.07) is 9.07. The highest BCUT2D eigenvalue weighted by Gasteiger charge is 2.30. The number of aliphatic carboxylic acids is 1. The molecule has 1 atom stereocenters. The third-order valence-electron chi connectivity index (χ3n) is 4.00. The number of anilines is 1. The van der Waals surface area contributed by atoms with E-state index < -0.39 is 17.9 Å². The zero-order valence-corrected chi connectivity index (χ0v) is 14.2. The highest BCUT2D eigenvalue weighted by molar-refractivity contribution is 7.12. The first-order valence-corrected chi connectivity index (χ1v) is 8.89. The van der Waals surface area contributed by atoms with Crippen molar-refractivity contribution in [1.29, 1.82) is 0 Å². The third kappa shape index (κ3) is 4.67. The molecule has 25 heavy (non-hydrogen) atoms. The highest BCUT2D eigenvalue weighted by Crippen LogP contribution is 2.33. The van der Waals surface area contributed by atoms with Crippen molar-refractivity contribution in [3.8, 4) is 0 Å². The van der Waals surface area contributed by atoms with Gasteiger partial charge in [-0.1, -0.05) is 25.0 Å². The Labute approximate surface area is 148 Å². The van der Waals surface area contributed by atoms with E-state index in [1.165, 1.54) is 17.4 Å². The van der Waals surface area contributed by atoms with E-state index in [0.29, 0.717) is 28.5 Å². The summed E-state index contributed by atoms with van der Waals surface area (Å²) in [6.45, 7) is 0. The van der Waals surface area contributed by atoms with E-state index in [1.807, 2.05) is 5.38 Å². The van der Waals surface area contributed by atoms with Gasteiger partial charge in [-0.2, -0.15) is 0 Å². The highest BCUT2D eigenvalue weighted by atomic mass is 32.1. The second kappa shape index (κ2) is 7.48. The number of thiophene rings is 1. The van der Waals surface area contributed by atoms with Gasteiger partial charge in [-0.15, -0.1) is 11.3 Å². The molecule has 1 aliphatic rings. The zero-order chi connectivity index (χ0) is 17.8. The van der Waals surface area contributed by atoms with E-state index in [4.69, 9.17) is 0 Å². The first kappa shape index (κ1) is 17.2. The van der Waals surface area contributed by atoms with Crippen LogP contribution in [0, 0.1) is 5.92 Å². The lowest BCUT2D eigenvalue weighted by Crippen LogP contribution is -2.41. The Morgan fingerprint density at radius 3 is 2.60 bits per heavy atom. The number of hydrogen-bond acceptors (Lipinski definition) is 4. The second-order valence-electron chi connectivity index (χ2n) is 6.06. The smallest absolute Gasteiger partial charge is 0.326 e. The molecule has 0 spiro atoms. The Morgan fingerprint density at radius 2 is 1.96 bits per heavy atom. The fourth-order valence-corrected chi connectivity index (χ4v) is 3.11. The number of hydrogen-bond donors (Lipinski definition) is 3. The normalized spacial score (nSPS) is 14.6. The summed E-state index contributed by atoms with van der Waals surface area (Å²) in [5.41, 5.74) is 0.797. The number of carbonyl (C=O) groups is 3. The maximum absolute atomic E-state index is 12.3. The van der Waals surface area contributed by atoms with Crippen molar-refractivity contribution in [3.05, 3.63) is 52.2 Å². The molecule has 3 N–H and O–H groups in total. The Kier molecular flexibility index (Phi) is 5.14. The Hall–Kier alpha value is -2.67. The van der Waals surface area contributed by atoms with E-state index in [0.717, 1.165) is 12.8 Å². The van der Waals surface area contributed by atoms with Crippen molar-refractivity contribution in [1.82, 2.24) is 5.32 Å². The Bertz CT molecular complexity index is 784. The lowest BCUT2D eigenvalue weighted by Gasteiger charge is -2.14. The number of amides is 2. The first-order valence-electron chi connectivity index (χ1n) is 8.01. The van der Waals surface area contributed by atoms with Crippen LogP contribution in [0.4, 0.5) is 5.69 Å². The van der Waals surface area contributed by atoms with Crippen LogP contribution in [0.25, 0.3) is 0 Å². The minimum atomic E-state index is -1.03. The minimum absolute atomic E-state index is 0.246. The van der Waals surface area contributed by atoms with Gasteiger partial charge in [0.25, 0.3) is 11.8 Å². The van der Waals surface area contributed by atoms with Crippen molar-refractivity contribution in [2.75, 3.05) is 5.32 Å². The largest absolute Gasteiger partial charge is 0.480 e. The van der Waals surface area contributed by atoms with E-state index >= 15 is 0 Å². The lowest BCUT2D eigenvalue weighted by molar-refractivity contribution is -0.139. The van der Waals surface area contributed by atoms with Crippen molar-refractivity contribution >= 4 is 34.8 Å². The van der Waals surface area contributed by atoms with Crippen molar-refractivity contribution in [2.45, 2.75) is 25.3 Å². The van der Waals surface area contributed by atoms with Gasteiger partial charge in [0.2, 0.25) is 0 Å². The van der Waals surface area contributed by atoms with Gasteiger partial charge in [-0.3, -0.25) is 9.59 Å². The van der Waals surface area contributed by atoms with Crippen molar-refractivity contribution in [3.63, 3.8) is 0 Å². The molecule has 0 aliphatic heterocycles. The molecule has 0 bridgehead atoms. The van der Waals surface area contributed by atoms with Gasteiger partial charge in [0, 0.05) is 11.3 Å². The average Bonchev–Trinajstić information content (AvgIpc) is 3.23. The summed E-state index contributed by atoms with van der Waals surface area (Å²) in [5.74, 6) is -1.34. The van der Waals surface area contributed by atoms with E-state index in [-0.39, 0.29) is 5.91 Å². The molecule has 1 saturated carbocycles. The predicted molar refractivity (Wildman–Crippen MR) is 94.9 cm³/mol. The average molecular weight is 358 g/mol. The number of nitrogens with one attached hydrogen (secondary N) is 2. The Balaban J connectivity index is 1.66. The SMILES string of the molecule is O=C(NC(CC1CC1)C(=O)O)c1cccc(NC(=O)c2cccs2)c1.